The molecule has 0 spiro atoms. The van der Waals surface area contributed by atoms with Crippen LogP contribution in [-0.4, -0.2) is 53.4 Å². The van der Waals surface area contributed by atoms with Gasteiger partial charge in [-0.1, -0.05) is 18.2 Å². The fourth-order valence-electron chi connectivity index (χ4n) is 2.62. The number of guanidine groups is 1. The number of nitrogens with one attached hydrogen (secondary N) is 1. The molecule has 0 aliphatic carbocycles. The van der Waals surface area contributed by atoms with E-state index in [-0.39, 0.29) is 24.2 Å². The topological polar surface area (TPSA) is 126 Å². The summed E-state index contributed by atoms with van der Waals surface area (Å²) in [6.45, 7) is 1.35. The standard InChI is InChI=1S/C17H19FN6O3/c1-27-12-8-24(9-12)16-21-6-11(7-22-16)13-4-2-3-10(14(13)18)5-20-15(19)23-17(25)26/h2-4,6-7,12H,5,8-9H2,1H3,(H,25,26)(H3,19,20,23). The van der Waals surface area contributed by atoms with E-state index in [2.05, 4.69) is 15.0 Å². The van der Waals surface area contributed by atoms with Crippen molar-refractivity contribution in [3.63, 3.8) is 0 Å². The van der Waals surface area contributed by atoms with Crippen molar-refractivity contribution in [1.82, 2.24) is 15.3 Å². The van der Waals surface area contributed by atoms with Crippen molar-refractivity contribution in [2.45, 2.75) is 12.6 Å². The Morgan fingerprint density at radius 1 is 1.44 bits per heavy atom. The fraction of sp³-hybridized carbons (Fsp3) is 0.294. The zero-order valence-electron chi connectivity index (χ0n) is 14.6. The first-order chi connectivity index (χ1) is 13.0. The number of aliphatic imine (C=N–C) groups is 1. The van der Waals surface area contributed by atoms with E-state index in [0.29, 0.717) is 17.1 Å². The predicted octanol–water partition coefficient (Wildman–Crippen LogP) is 1.20. The number of carboxylic acid groups (broad SMARTS) is 1. The molecule has 0 unspecified atom stereocenters. The monoisotopic (exact) mass is 374 g/mol. The molecule has 1 saturated heterocycles. The number of halogens is 1. The van der Waals surface area contributed by atoms with Gasteiger partial charge in [-0.25, -0.2) is 24.1 Å². The third-order valence-corrected chi connectivity index (χ3v) is 4.15. The molecule has 4 N–H and O–H groups in total. The summed E-state index contributed by atoms with van der Waals surface area (Å²) in [7, 11) is 1.66. The van der Waals surface area contributed by atoms with Crippen LogP contribution in [0.5, 0.6) is 0 Å². The van der Waals surface area contributed by atoms with Crippen LogP contribution in [0.15, 0.2) is 35.6 Å². The number of hydrogen-bond donors (Lipinski definition) is 3. The minimum Gasteiger partial charge on any atom is -0.465 e. The zero-order chi connectivity index (χ0) is 19.4. The summed E-state index contributed by atoms with van der Waals surface area (Å²) in [5, 5.41) is 10.5. The lowest BCUT2D eigenvalue weighted by atomic mass is 10.0. The van der Waals surface area contributed by atoms with E-state index < -0.39 is 11.9 Å². The lowest BCUT2D eigenvalue weighted by Gasteiger charge is -2.37. The fourth-order valence-corrected chi connectivity index (χ4v) is 2.62. The van der Waals surface area contributed by atoms with E-state index in [0.717, 1.165) is 13.1 Å². The summed E-state index contributed by atoms with van der Waals surface area (Å²) >= 11 is 0. The van der Waals surface area contributed by atoms with Crippen LogP contribution in [0, 0.1) is 5.82 Å². The van der Waals surface area contributed by atoms with Gasteiger partial charge in [0.15, 0.2) is 5.96 Å². The van der Waals surface area contributed by atoms with E-state index in [1.807, 2.05) is 10.2 Å². The van der Waals surface area contributed by atoms with E-state index in [4.69, 9.17) is 15.6 Å². The molecular weight excluding hydrogens is 355 g/mol. The predicted molar refractivity (Wildman–Crippen MR) is 96.9 cm³/mol. The maximum Gasteiger partial charge on any atom is 0.411 e. The molecule has 9 nitrogen and oxygen atoms in total. The average Bonchev–Trinajstić information content (AvgIpc) is 2.60. The van der Waals surface area contributed by atoms with Crippen molar-refractivity contribution in [3.05, 3.63) is 42.0 Å². The molecule has 27 heavy (non-hydrogen) atoms. The Hall–Kier alpha value is -3.27. The Kier molecular flexibility index (Phi) is 5.46. The second kappa shape index (κ2) is 7.96. The van der Waals surface area contributed by atoms with Crippen LogP contribution in [0.1, 0.15) is 5.56 Å². The third-order valence-electron chi connectivity index (χ3n) is 4.15. The first-order valence-electron chi connectivity index (χ1n) is 8.15. The number of benzene rings is 1. The minimum absolute atomic E-state index is 0.100. The van der Waals surface area contributed by atoms with E-state index in [1.165, 1.54) is 0 Å². The summed E-state index contributed by atoms with van der Waals surface area (Å²) < 4.78 is 20.0. The number of aromatic nitrogens is 2. The van der Waals surface area contributed by atoms with Gasteiger partial charge in [0.2, 0.25) is 5.95 Å². The van der Waals surface area contributed by atoms with Crippen molar-refractivity contribution in [2.75, 3.05) is 25.1 Å². The molecule has 1 fully saturated rings. The van der Waals surface area contributed by atoms with Crippen molar-refractivity contribution in [2.24, 2.45) is 10.7 Å². The molecule has 0 saturated carbocycles. The SMILES string of the molecule is COC1CN(c2ncc(-c3cccc(CN=C(N)NC(=O)O)c3F)cn2)C1. The van der Waals surface area contributed by atoms with Crippen molar-refractivity contribution in [3.8, 4) is 11.1 Å². The highest BCUT2D eigenvalue weighted by Gasteiger charge is 2.28. The van der Waals surface area contributed by atoms with Crippen LogP contribution >= 0.6 is 0 Å². The third kappa shape index (κ3) is 4.29. The Balaban J connectivity index is 1.74. The molecule has 1 aliphatic rings. The van der Waals surface area contributed by atoms with Crippen LogP contribution in [0.3, 0.4) is 0 Å². The molecule has 2 heterocycles. The number of hydrogen-bond acceptors (Lipinski definition) is 6. The Bertz CT molecular complexity index is 852. The first-order valence-corrected chi connectivity index (χ1v) is 8.15. The van der Waals surface area contributed by atoms with Gasteiger partial charge in [0, 0.05) is 49.3 Å². The highest BCUT2D eigenvalue weighted by molar-refractivity contribution is 5.91. The molecule has 0 bridgehead atoms. The molecule has 1 aliphatic heterocycles. The second-order valence-electron chi connectivity index (χ2n) is 5.94. The molecule has 1 aromatic heterocycles. The molecule has 0 radical (unpaired) electrons. The van der Waals surface area contributed by atoms with Gasteiger partial charge in [0.1, 0.15) is 5.82 Å². The number of nitrogens with two attached hydrogens (primary N) is 1. The lowest BCUT2D eigenvalue weighted by molar-refractivity contribution is 0.0778. The van der Waals surface area contributed by atoms with Gasteiger partial charge in [0.25, 0.3) is 0 Å². The van der Waals surface area contributed by atoms with Gasteiger partial charge in [-0.2, -0.15) is 0 Å². The van der Waals surface area contributed by atoms with Gasteiger partial charge in [-0.05, 0) is 0 Å². The van der Waals surface area contributed by atoms with E-state index >= 15 is 0 Å². The van der Waals surface area contributed by atoms with Crippen LogP contribution < -0.4 is 16.0 Å². The smallest absolute Gasteiger partial charge is 0.411 e. The number of methoxy groups -OCH3 is 1. The minimum atomic E-state index is -1.33. The quantitative estimate of drug-likeness (QED) is 0.530. The maximum atomic E-state index is 14.8. The molecular formula is C17H19FN6O3. The van der Waals surface area contributed by atoms with Gasteiger partial charge >= 0.3 is 6.09 Å². The van der Waals surface area contributed by atoms with Crippen LogP contribution in [0.25, 0.3) is 11.1 Å². The Morgan fingerprint density at radius 2 is 2.15 bits per heavy atom. The van der Waals surface area contributed by atoms with Crippen molar-refractivity contribution < 1.29 is 19.0 Å². The second-order valence-corrected chi connectivity index (χ2v) is 5.94. The first kappa shape index (κ1) is 18.5. The highest BCUT2D eigenvalue weighted by Crippen LogP contribution is 2.26. The number of nitrogens with zero attached hydrogens (tertiary/aromatic N) is 4. The zero-order valence-corrected chi connectivity index (χ0v) is 14.6. The normalized spacial score (nSPS) is 14.7. The van der Waals surface area contributed by atoms with Crippen molar-refractivity contribution >= 4 is 18.0 Å². The molecule has 2 aromatic rings. The summed E-state index contributed by atoms with van der Waals surface area (Å²) in [5.41, 5.74) is 6.54. The van der Waals surface area contributed by atoms with Gasteiger partial charge < -0.3 is 20.5 Å². The summed E-state index contributed by atoms with van der Waals surface area (Å²) in [4.78, 5) is 24.9. The molecule has 1 amide bonds. The molecule has 0 atom stereocenters. The van der Waals surface area contributed by atoms with Crippen molar-refractivity contribution in [1.29, 1.82) is 0 Å². The maximum absolute atomic E-state index is 14.8. The summed E-state index contributed by atoms with van der Waals surface area (Å²) in [6, 6.07) is 4.84. The molecule has 142 valence electrons. The Morgan fingerprint density at radius 3 is 2.78 bits per heavy atom. The average molecular weight is 374 g/mol. The van der Waals surface area contributed by atoms with Crippen LogP contribution in [-0.2, 0) is 11.3 Å². The summed E-state index contributed by atoms with van der Waals surface area (Å²) in [5.74, 6) is -0.214. The highest BCUT2D eigenvalue weighted by atomic mass is 19.1. The summed E-state index contributed by atoms with van der Waals surface area (Å²) in [6.07, 6.45) is 1.98. The van der Waals surface area contributed by atoms with Crippen LogP contribution in [0.2, 0.25) is 0 Å². The van der Waals surface area contributed by atoms with Gasteiger partial charge in [-0.15, -0.1) is 0 Å². The van der Waals surface area contributed by atoms with Gasteiger partial charge in [0.05, 0.1) is 12.6 Å². The number of anilines is 1. The number of carbonyl (C=O) groups is 1. The molecule has 10 heteroatoms. The number of ether oxygens (including phenoxy) is 1. The number of amides is 1. The Labute approximate surface area is 154 Å². The van der Waals surface area contributed by atoms with Crippen LogP contribution in [0.4, 0.5) is 15.1 Å². The molecule has 3 rings (SSSR count). The molecule has 1 aromatic carbocycles. The largest absolute Gasteiger partial charge is 0.465 e. The lowest BCUT2D eigenvalue weighted by Crippen LogP contribution is -2.52. The van der Waals surface area contributed by atoms with Gasteiger partial charge in [-0.3, -0.25) is 5.32 Å². The van der Waals surface area contributed by atoms with E-state index in [1.54, 1.807) is 37.7 Å². The number of rotatable bonds is 5. The van der Waals surface area contributed by atoms with E-state index in [9.17, 15) is 9.18 Å².